The standard InChI is InChI=1S/C30H36N4O5/c1-29(2,3)39-28(37)33-20-25(24-14-16-31-17-15-24)26(35)34-21-30(38,18-22-10-6-4-7-11-22)27(36)32-19-23-12-8-5-9-13-23/h4-17,25,38H,18-21H2,1-3H3,(H,32,36)(H,33,37)(H,34,35)/t25-,30+/m0/s1. The summed E-state index contributed by atoms with van der Waals surface area (Å²) in [4.78, 5) is 42.9. The molecule has 1 aromatic heterocycles. The lowest BCUT2D eigenvalue weighted by atomic mass is 9.92. The van der Waals surface area contributed by atoms with Crippen molar-refractivity contribution >= 4 is 17.9 Å². The molecule has 4 N–H and O–H groups in total. The van der Waals surface area contributed by atoms with Gasteiger partial charge in [0, 0.05) is 31.9 Å². The van der Waals surface area contributed by atoms with E-state index in [9.17, 15) is 19.5 Å². The smallest absolute Gasteiger partial charge is 0.407 e. The lowest BCUT2D eigenvalue weighted by molar-refractivity contribution is -0.140. The molecule has 0 radical (unpaired) electrons. The van der Waals surface area contributed by atoms with E-state index >= 15 is 0 Å². The number of ether oxygens (including phenoxy) is 1. The molecule has 39 heavy (non-hydrogen) atoms. The zero-order valence-electron chi connectivity index (χ0n) is 22.5. The van der Waals surface area contributed by atoms with Crippen LogP contribution < -0.4 is 16.0 Å². The number of carbonyl (C=O) groups is 3. The monoisotopic (exact) mass is 532 g/mol. The summed E-state index contributed by atoms with van der Waals surface area (Å²) in [7, 11) is 0. The Labute approximate surface area is 229 Å². The van der Waals surface area contributed by atoms with Gasteiger partial charge in [-0.15, -0.1) is 0 Å². The second-order valence-corrected chi connectivity index (χ2v) is 10.3. The maximum Gasteiger partial charge on any atom is 0.407 e. The average molecular weight is 533 g/mol. The van der Waals surface area contributed by atoms with Gasteiger partial charge >= 0.3 is 6.09 Å². The number of rotatable bonds is 11. The van der Waals surface area contributed by atoms with E-state index in [-0.39, 0.29) is 26.1 Å². The summed E-state index contributed by atoms with van der Waals surface area (Å²) in [5.41, 5.74) is -0.393. The molecule has 0 aliphatic carbocycles. The van der Waals surface area contributed by atoms with Crippen LogP contribution in [-0.2, 0) is 27.3 Å². The van der Waals surface area contributed by atoms with Gasteiger partial charge in [0.05, 0.1) is 12.5 Å². The first-order chi connectivity index (χ1) is 18.6. The third-order valence-electron chi connectivity index (χ3n) is 5.89. The van der Waals surface area contributed by atoms with Crippen molar-refractivity contribution in [3.05, 3.63) is 102 Å². The molecule has 1 heterocycles. The van der Waals surface area contributed by atoms with Crippen LogP contribution in [0.3, 0.4) is 0 Å². The normalized spacial score (nSPS) is 13.4. The highest BCUT2D eigenvalue weighted by Gasteiger charge is 2.37. The molecule has 9 heteroatoms. The van der Waals surface area contributed by atoms with Gasteiger partial charge in [0.1, 0.15) is 5.60 Å². The van der Waals surface area contributed by atoms with Gasteiger partial charge < -0.3 is 25.8 Å². The maximum absolute atomic E-state index is 13.4. The molecule has 3 aromatic rings. The molecule has 0 fully saturated rings. The quantitative estimate of drug-likeness (QED) is 0.300. The van der Waals surface area contributed by atoms with E-state index in [2.05, 4.69) is 20.9 Å². The van der Waals surface area contributed by atoms with Crippen molar-refractivity contribution in [1.29, 1.82) is 0 Å². The minimum atomic E-state index is -1.92. The first-order valence-electron chi connectivity index (χ1n) is 12.8. The molecule has 0 aliphatic rings. The Hall–Kier alpha value is -4.24. The van der Waals surface area contributed by atoms with Crippen LogP contribution in [0.25, 0.3) is 0 Å². The van der Waals surface area contributed by atoms with E-state index in [1.807, 2.05) is 60.7 Å². The summed E-state index contributed by atoms with van der Waals surface area (Å²) in [6, 6.07) is 21.8. The summed E-state index contributed by atoms with van der Waals surface area (Å²) in [5, 5.41) is 19.7. The zero-order valence-corrected chi connectivity index (χ0v) is 22.5. The minimum absolute atomic E-state index is 0.00910. The Morgan fingerprint density at radius 3 is 2.03 bits per heavy atom. The molecule has 0 unspecified atom stereocenters. The fourth-order valence-corrected chi connectivity index (χ4v) is 3.91. The number of aromatic nitrogens is 1. The molecule has 2 atom stereocenters. The van der Waals surface area contributed by atoms with E-state index in [4.69, 9.17) is 4.74 Å². The van der Waals surface area contributed by atoms with E-state index in [0.29, 0.717) is 5.56 Å². The summed E-state index contributed by atoms with van der Waals surface area (Å²) < 4.78 is 5.29. The second kappa shape index (κ2) is 13.5. The molecule has 206 valence electrons. The van der Waals surface area contributed by atoms with Crippen molar-refractivity contribution in [1.82, 2.24) is 20.9 Å². The number of nitrogens with zero attached hydrogens (tertiary/aromatic N) is 1. The maximum atomic E-state index is 13.4. The summed E-state index contributed by atoms with van der Waals surface area (Å²) >= 11 is 0. The van der Waals surface area contributed by atoms with Crippen LogP contribution in [-0.4, -0.2) is 52.3 Å². The molecule has 3 rings (SSSR count). The second-order valence-electron chi connectivity index (χ2n) is 10.3. The number of benzene rings is 2. The van der Waals surface area contributed by atoms with Crippen LogP contribution >= 0.6 is 0 Å². The van der Waals surface area contributed by atoms with Crippen molar-refractivity contribution < 1.29 is 24.2 Å². The van der Waals surface area contributed by atoms with Gasteiger partial charge in [-0.2, -0.15) is 0 Å². The number of amides is 3. The van der Waals surface area contributed by atoms with Crippen LogP contribution in [0.1, 0.15) is 43.4 Å². The largest absolute Gasteiger partial charge is 0.444 e. The van der Waals surface area contributed by atoms with Crippen LogP contribution in [0.15, 0.2) is 85.2 Å². The van der Waals surface area contributed by atoms with Gasteiger partial charge in [0.25, 0.3) is 5.91 Å². The van der Waals surface area contributed by atoms with E-state index in [0.717, 1.165) is 11.1 Å². The van der Waals surface area contributed by atoms with Crippen LogP contribution in [0.4, 0.5) is 4.79 Å². The lowest BCUT2D eigenvalue weighted by Crippen LogP contribution is -2.56. The minimum Gasteiger partial charge on any atom is -0.444 e. The van der Waals surface area contributed by atoms with Crippen molar-refractivity contribution in [2.75, 3.05) is 13.1 Å². The van der Waals surface area contributed by atoms with Crippen LogP contribution in [0.2, 0.25) is 0 Å². The van der Waals surface area contributed by atoms with Crippen molar-refractivity contribution in [3.63, 3.8) is 0 Å². The molecular formula is C30H36N4O5. The lowest BCUT2D eigenvalue weighted by Gasteiger charge is -2.29. The Bertz CT molecular complexity index is 1220. The van der Waals surface area contributed by atoms with Crippen molar-refractivity contribution in [2.45, 2.75) is 50.9 Å². The van der Waals surface area contributed by atoms with Gasteiger partial charge in [0.15, 0.2) is 5.60 Å². The fraction of sp³-hybridized carbons (Fsp3) is 0.333. The van der Waals surface area contributed by atoms with Gasteiger partial charge in [-0.05, 0) is 49.6 Å². The van der Waals surface area contributed by atoms with Gasteiger partial charge in [-0.1, -0.05) is 60.7 Å². The van der Waals surface area contributed by atoms with E-state index < -0.39 is 35.0 Å². The van der Waals surface area contributed by atoms with Crippen molar-refractivity contribution in [3.8, 4) is 0 Å². The predicted molar refractivity (Wildman–Crippen MR) is 148 cm³/mol. The zero-order chi connectivity index (χ0) is 28.3. The highest BCUT2D eigenvalue weighted by atomic mass is 16.6. The number of carbonyl (C=O) groups excluding carboxylic acids is 3. The number of hydrogen-bond donors (Lipinski definition) is 4. The Morgan fingerprint density at radius 1 is 0.846 bits per heavy atom. The first-order valence-corrected chi connectivity index (χ1v) is 12.8. The number of alkyl carbamates (subject to hydrolysis) is 1. The third-order valence-corrected chi connectivity index (χ3v) is 5.89. The molecule has 0 saturated carbocycles. The highest BCUT2D eigenvalue weighted by molar-refractivity contribution is 5.88. The van der Waals surface area contributed by atoms with Gasteiger partial charge in [0.2, 0.25) is 5.91 Å². The van der Waals surface area contributed by atoms with E-state index in [1.54, 1.807) is 45.3 Å². The Kier molecular flexibility index (Phi) is 10.2. The first kappa shape index (κ1) is 29.3. The van der Waals surface area contributed by atoms with Crippen LogP contribution in [0, 0.1) is 0 Å². The number of aliphatic hydroxyl groups is 1. The van der Waals surface area contributed by atoms with E-state index in [1.165, 1.54) is 0 Å². The molecule has 2 aromatic carbocycles. The Balaban J connectivity index is 1.74. The summed E-state index contributed by atoms with van der Waals surface area (Å²) in [6.45, 7) is 5.07. The van der Waals surface area contributed by atoms with Gasteiger partial charge in [-0.25, -0.2) is 4.79 Å². The Morgan fingerprint density at radius 2 is 1.44 bits per heavy atom. The topological polar surface area (TPSA) is 130 Å². The number of pyridine rings is 1. The van der Waals surface area contributed by atoms with Gasteiger partial charge in [-0.3, -0.25) is 14.6 Å². The summed E-state index contributed by atoms with van der Waals surface area (Å²) in [6.07, 6.45) is 2.43. The van der Waals surface area contributed by atoms with Crippen molar-refractivity contribution in [2.24, 2.45) is 0 Å². The molecule has 0 aliphatic heterocycles. The van der Waals surface area contributed by atoms with Crippen LogP contribution in [0.5, 0.6) is 0 Å². The number of nitrogens with one attached hydrogen (secondary N) is 3. The molecule has 0 bridgehead atoms. The highest BCUT2D eigenvalue weighted by Crippen LogP contribution is 2.18. The molecule has 0 spiro atoms. The molecule has 9 nitrogen and oxygen atoms in total. The molecule has 0 saturated heterocycles. The number of hydrogen-bond acceptors (Lipinski definition) is 6. The summed E-state index contributed by atoms with van der Waals surface area (Å²) in [5.74, 6) is -1.89. The third kappa shape index (κ3) is 9.54. The SMILES string of the molecule is CC(C)(C)OC(=O)NC[C@H](C(=O)NC[C@](O)(Cc1ccccc1)C(=O)NCc1ccccc1)c1ccncc1. The fourth-order valence-electron chi connectivity index (χ4n) is 3.91. The molecule has 3 amide bonds. The molecular weight excluding hydrogens is 496 g/mol. The predicted octanol–water partition coefficient (Wildman–Crippen LogP) is 3.10. The average Bonchev–Trinajstić information content (AvgIpc) is 2.91.